The van der Waals surface area contributed by atoms with Gasteiger partial charge in [-0.3, -0.25) is 14.6 Å². The molecule has 25 heavy (non-hydrogen) atoms. The van der Waals surface area contributed by atoms with Gasteiger partial charge in [0.25, 0.3) is 11.8 Å². The summed E-state index contributed by atoms with van der Waals surface area (Å²) in [6.07, 6.45) is 5.02. The van der Waals surface area contributed by atoms with E-state index in [2.05, 4.69) is 4.98 Å². The molecular weight excluding hydrogens is 321 g/mol. The van der Waals surface area contributed by atoms with Gasteiger partial charge < -0.3 is 10.6 Å². The fraction of sp³-hybridized carbons (Fsp3) is 0.316. The average Bonchev–Trinajstić information content (AvgIpc) is 2.63. The zero-order valence-corrected chi connectivity index (χ0v) is 13.8. The molecule has 1 aromatic heterocycles. The lowest BCUT2D eigenvalue weighted by Gasteiger charge is -2.36. The maximum absolute atomic E-state index is 13.1. The van der Waals surface area contributed by atoms with Crippen LogP contribution in [0.15, 0.2) is 42.6 Å². The van der Waals surface area contributed by atoms with Crippen LogP contribution in [0.3, 0.4) is 0 Å². The number of likely N-dealkylation sites (tertiary alicyclic amines) is 1. The zero-order chi connectivity index (χ0) is 17.8. The molecule has 1 atom stereocenters. The molecule has 2 amide bonds. The molecule has 0 spiro atoms. The first-order valence-electron chi connectivity index (χ1n) is 8.36. The second kappa shape index (κ2) is 7.42. The molecule has 2 N–H and O–H groups in total. The van der Waals surface area contributed by atoms with Crippen molar-refractivity contribution in [2.75, 3.05) is 6.54 Å². The van der Waals surface area contributed by atoms with Gasteiger partial charge in [0.15, 0.2) is 0 Å². The Bertz CT molecular complexity index is 759. The number of hydrogen-bond acceptors (Lipinski definition) is 3. The van der Waals surface area contributed by atoms with Gasteiger partial charge in [-0.15, -0.1) is 0 Å². The Morgan fingerprint density at radius 1 is 1.16 bits per heavy atom. The molecule has 1 aromatic carbocycles. The van der Waals surface area contributed by atoms with Crippen LogP contribution in [0.25, 0.3) is 0 Å². The maximum Gasteiger partial charge on any atom is 0.267 e. The Labute approximate surface area is 145 Å². The quantitative estimate of drug-likeness (QED) is 0.928. The van der Waals surface area contributed by atoms with Gasteiger partial charge in [0.2, 0.25) is 0 Å². The Morgan fingerprint density at radius 3 is 2.56 bits per heavy atom. The van der Waals surface area contributed by atoms with E-state index in [1.807, 2.05) is 4.90 Å². The van der Waals surface area contributed by atoms with Crippen LogP contribution >= 0.6 is 0 Å². The molecule has 0 saturated carbocycles. The van der Waals surface area contributed by atoms with Crippen LogP contribution in [-0.4, -0.2) is 34.3 Å². The number of nitrogens with zero attached hydrogens (tertiary/aromatic N) is 2. The third-order valence-corrected chi connectivity index (χ3v) is 4.54. The lowest BCUT2D eigenvalue weighted by atomic mass is 9.95. The number of primary amides is 1. The van der Waals surface area contributed by atoms with Crippen LogP contribution in [0.2, 0.25) is 0 Å². The van der Waals surface area contributed by atoms with Gasteiger partial charge >= 0.3 is 0 Å². The van der Waals surface area contributed by atoms with Gasteiger partial charge in [0.1, 0.15) is 11.5 Å². The minimum absolute atomic E-state index is 0.0718. The Balaban J connectivity index is 1.76. The monoisotopic (exact) mass is 341 g/mol. The van der Waals surface area contributed by atoms with Crippen molar-refractivity contribution in [1.82, 2.24) is 9.88 Å². The molecule has 130 valence electrons. The first-order chi connectivity index (χ1) is 12.0. The molecule has 0 radical (unpaired) electrons. The van der Waals surface area contributed by atoms with Crippen molar-refractivity contribution in [2.45, 2.75) is 31.7 Å². The summed E-state index contributed by atoms with van der Waals surface area (Å²) in [7, 11) is 0. The molecule has 5 nitrogen and oxygen atoms in total. The van der Waals surface area contributed by atoms with Crippen molar-refractivity contribution in [3.63, 3.8) is 0 Å². The summed E-state index contributed by atoms with van der Waals surface area (Å²) >= 11 is 0. The number of amides is 2. The van der Waals surface area contributed by atoms with Crippen molar-refractivity contribution in [3.8, 4) is 0 Å². The predicted octanol–water partition coefficient (Wildman–Crippen LogP) is 2.56. The van der Waals surface area contributed by atoms with Crippen molar-refractivity contribution in [1.29, 1.82) is 0 Å². The highest BCUT2D eigenvalue weighted by atomic mass is 19.1. The summed E-state index contributed by atoms with van der Waals surface area (Å²) < 4.78 is 13.1. The van der Waals surface area contributed by atoms with Gasteiger partial charge in [-0.1, -0.05) is 12.1 Å². The third-order valence-electron chi connectivity index (χ3n) is 4.54. The first-order valence-corrected chi connectivity index (χ1v) is 8.36. The SMILES string of the molecule is NC(=O)c1ccc(C(=O)N2CCCCC2Cc2ccc(F)cc2)cn1. The molecule has 0 aliphatic carbocycles. The number of hydrogen-bond donors (Lipinski definition) is 1. The normalized spacial score (nSPS) is 17.3. The van der Waals surface area contributed by atoms with E-state index in [1.165, 1.54) is 24.4 Å². The number of rotatable bonds is 4. The third kappa shape index (κ3) is 4.02. The largest absolute Gasteiger partial charge is 0.364 e. The molecule has 2 heterocycles. The van der Waals surface area contributed by atoms with Crippen molar-refractivity contribution in [3.05, 3.63) is 65.2 Å². The number of piperidine rings is 1. The molecule has 6 heteroatoms. The Hall–Kier alpha value is -2.76. The molecular formula is C19H20FN3O2. The molecule has 1 saturated heterocycles. The molecule has 2 aromatic rings. The van der Waals surface area contributed by atoms with Crippen LogP contribution < -0.4 is 5.73 Å². The van der Waals surface area contributed by atoms with E-state index >= 15 is 0 Å². The van der Waals surface area contributed by atoms with E-state index < -0.39 is 5.91 Å². The number of pyridine rings is 1. The Kier molecular flexibility index (Phi) is 5.07. The van der Waals surface area contributed by atoms with Crippen LogP contribution in [0.5, 0.6) is 0 Å². The van der Waals surface area contributed by atoms with Crippen LogP contribution in [-0.2, 0) is 6.42 Å². The van der Waals surface area contributed by atoms with Gasteiger partial charge in [-0.25, -0.2) is 4.39 Å². The molecule has 3 rings (SSSR count). The topological polar surface area (TPSA) is 76.3 Å². The summed E-state index contributed by atoms with van der Waals surface area (Å²) in [5, 5.41) is 0. The molecule has 1 fully saturated rings. The van der Waals surface area contributed by atoms with Crippen LogP contribution in [0, 0.1) is 5.82 Å². The summed E-state index contributed by atoms with van der Waals surface area (Å²) in [4.78, 5) is 29.8. The minimum atomic E-state index is -0.619. The van der Waals surface area contributed by atoms with E-state index in [9.17, 15) is 14.0 Å². The van der Waals surface area contributed by atoms with E-state index in [0.717, 1.165) is 24.8 Å². The first kappa shape index (κ1) is 17.1. The molecule has 0 bridgehead atoms. The number of carbonyl (C=O) groups is 2. The minimum Gasteiger partial charge on any atom is -0.364 e. The van der Waals surface area contributed by atoms with E-state index in [0.29, 0.717) is 18.5 Å². The van der Waals surface area contributed by atoms with E-state index in [4.69, 9.17) is 5.73 Å². The van der Waals surface area contributed by atoms with E-state index in [1.54, 1.807) is 18.2 Å². The summed E-state index contributed by atoms with van der Waals surface area (Å²) in [5.74, 6) is -0.984. The highest BCUT2D eigenvalue weighted by Gasteiger charge is 2.27. The van der Waals surface area contributed by atoms with Gasteiger partial charge in [0, 0.05) is 18.8 Å². The van der Waals surface area contributed by atoms with Gasteiger partial charge in [0.05, 0.1) is 5.56 Å². The fourth-order valence-electron chi connectivity index (χ4n) is 3.20. The number of halogens is 1. The number of carbonyl (C=O) groups excluding carboxylic acids is 2. The highest BCUT2D eigenvalue weighted by Crippen LogP contribution is 2.23. The standard InChI is InChI=1S/C19H20FN3O2/c20-15-7-4-13(5-8-15)11-16-3-1-2-10-23(16)19(25)14-6-9-17(18(21)24)22-12-14/h4-9,12,16H,1-3,10-11H2,(H2,21,24). The van der Waals surface area contributed by atoms with Gasteiger partial charge in [-0.2, -0.15) is 0 Å². The van der Waals surface area contributed by atoms with Crippen molar-refractivity contribution in [2.24, 2.45) is 5.73 Å². The van der Waals surface area contributed by atoms with Crippen molar-refractivity contribution >= 4 is 11.8 Å². The smallest absolute Gasteiger partial charge is 0.267 e. The van der Waals surface area contributed by atoms with E-state index in [-0.39, 0.29) is 23.5 Å². The predicted molar refractivity (Wildman–Crippen MR) is 91.5 cm³/mol. The zero-order valence-electron chi connectivity index (χ0n) is 13.8. The lowest BCUT2D eigenvalue weighted by Crippen LogP contribution is -2.44. The van der Waals surface area contributed by atoms with Crippen LogP contribution in [0.4, 0.5) is 4.39 Å². The second-order valence-corrected chi connectivity index (χ2v) is 6.28. The number of benzene rings is 1. The van der Waals surface area contributed by atoms with Crippen LogP contribution in [0.1, 0.15) is 45.7 Å². The lowest BCUT2D eigenvalue weighted by molar-refractivity contribution is 0.0612. The van der Waals surface area contributed by atoms with Crippen molar-refractivity contribution < 1.29 is 14.0 Å². The van der Waals surface area contributed by atoms with Gasteiger partial charge in [-0.05, 0) is 55.5 Å². The number of aromatic nitrogens is 1. The maximum atomic E-state index is 13.1. The summed E-state index contributed by atoms with van der Waals surface area (Å²) in [5.41, 5.74) is 6.76. The second-order valence-electron chi connectivity index (χ2n) is 6.28. The molecule has 1 aliphatic rings. The average molecular weight is 341 g/mol. The summed E-state index contributed by atoms with van der Waals surface area (Å²) in [6.45, 7) is 0.683. The summed E-state index contributed by atoms with van der Waals surface area (Å²) in [6, 6.07) is 9.52. The number of nitrogens with two attached hydrogens (primary N) is 1. The Morgan fingerprint density at radius 2 is 1.92 bits per heavy atom. The highest BCUT2D eigenvalue weighted by molar-refractivity contribution is 5.96. The molecule has 1 aliphatic heterocycles. The fourth-order valence-corrected chi connectivity index (χ4v) is 3.20. The molecule has 1 unspecified atom stereocenters.